The topological polar surface area (TPSA) is 9.23 Å². The smallest absolute Gasteiger partial charge is 0.0473 e. The molecule has 1 nitrogen and oxygen atoms in total. The third-order valence-electron chi connectivity index (χ3n) is 16.2. The summed E-state index contributed by atoms with van der Waals surface area (Å²) in [6.07, 6.45) is 17.9. The van der Waals surface area contributed by atoms with Gasteiger partial charge in [0.15, 0.2) is 0 Å². The van der Waals surface area contributed by atoms with Crippen LogP contribution in [0.25, 0.3) is 0 Å². The molecule has 20 unspecified atom stereocenters. The molecule has 8 bridgehead atoms. The molecule has 41 heavy (non-hydrogen) atoms. The average Bonchev–Trinajstić information content (AvgIpc) is 3.78. The summed E-state index contributed by atoms with van der Waals surface area (Å²) in [5, 5.41) is 3.42. The van der Waals surface area contributed by atoms with Gasteiger partial charge in [0.25, 0.3) is 0 Å². The van der Waals surface area contributed by atoms with Gasteiger partial charge in [0.05, 0.1) is 0 Å². The van der Waals surface area contributed by atoms with E-state index >= 15 is 0 Å². The number of fused-ring (bicyclic) bond motifs is 24. The Morgan fingerprint density at radius 2 is 1.05 bits per heavy atom. The lowest BCUT2D eigenvalue weighted by molar-refractivity contribution is 0.0741. The highest BCUT2D eigenvalue weighted by Gasteiger charge is 2.69. The van der Waals surface area contributed by atoms with Crippen LogP contribution in [0.2, 0.25) is 0 Å². The Morgan fingerprint density at radius 3 is 1.76 bits per heavy atom. The van der Waals surface area contributed by atoms with Crippen LogP contribution in [0.4, 0.5) is 0 Å². The minimum atomic E-state index is 0.727. The summed E-state index contributed by atoms with van der Waals surface area (Å²) in [5.41, 5.74) is 0. The quantitative estimate of drug-likeness (QED) is 0.142. The molecule has 0 saturated heterocycles. The van der Waals surface area contributed by atoms with Gasteiger partial charge in [-0.05, 0) is 183 Å². The summed E-state index contributed by atoms with van der Waals surface area (Å²) in [4.78, 5) is 0. The largest absolute Gasteiger partial charge is 0.381 e. The van der Waals surface area contributed by atoms with Crippen LogP contribution in [0, 0.1) is 94.7 Å². The molecule has 0 aliphatic heterocycles. The van der Waals surface area contributed by atoms with E-state index in [1.807, 2.05) is 0 Å². The van der Waals surface area contributed by atoms with Gasteiger partial charge < -0.3 is 4.74 Å². The van der Waals surface area contributed by atoms with Crippen LogP contribution >= 0.6 is 48.8 Å². The van der Waals surface area contributed by atoms with Gasteiger partial charge in [0.1, 0.15) is 0 Å². The predicted molar refractivity (Wildman–Crippen MR) is 180 cm³/mol. The Labute approximate surface area is 269 Å². The molecule has 0 radical (unpaired) electrons. The molecular weight excluding hydrogens is 577 g/mol. The molecule has 10 rings (SSSR count). The maximum Gasteiger partial charge on any atom is 0.0473 e. The zero-order valence-electron chi connectivity index (χ0n) is 25.0. The van der Waals surface area contributed by atoms with Crippen molar-refractivity contribution in [1.82, 2.24) is 0 Å². The van der Waals surface area contributed by atoms with Crippen molar-refractivity contribution in [3.63, 3.8) is 0 Å². The molecule has 0 aromatic rings. The van der Waals surface area contributed by atoms with E-state index in [-0.39, 0.29) is 0 Å². The molecule has 228 valence electrons. The number of hydrogen-bond acceptors (Lipinski definition) is 5. The number of rotatable bonds is 10. The van der Waals surface area contributed by atoms with Gasteiger partial charge in [-0.15, -0.1) is 0 Å². The van der Waals surface area contributed by atoms with E-state index in [4.69, 9.17) is 30.0 Å². The van der Waals surface area contributed by atoms with E-state index in [0.29, 0.717) is 0 Å². The Kier molecular flexibility index (Phi) is 6.99. The minimum absolute atomic E-state index is 0.727. The summed E-state index contributed by atoms with van der Waals surface area (Å²) >= 11 is 14.6. The van der Waals surface area contributed by atoms with Gasteiger partial charge in [0, 0.05) is 34.2 Å². The van der Waals surface area contributed by atoms with Crippen molar-refractivity contribution in [2.45, 2.75) is 98.0 Å². The highest BCUT2D eigenvalue weighted by atomic mass is 32.2. The van der Waals surface area contributed by atoms with E-state index in [9.17, 15) is 0 Å². The van der Waals surface area contributed by atoms with Crippen LogP contribution in [0.3, 0.4) is 0 Å². The molecule has 5 heteroatoms. The normalized spacial score (nSPS) is 61.3. The first-order valence-electron chi connectivity index (χ1n) is 18.3. The van der Waals surface area contributed by atoms with Gasteiger partial charge in [-0.3, -0.25) is 0 Å². The molecule has 0 aromatic heterocycles. The molecule has 0 spiro atoms. The molecule has 0 N–H and O–H groups in total. The zero-order valence-corrected chi connectivity index (χ0v) is 28.4. The van der Waals surface area contributed by atoms with Crippen molar-refractivity contribution >= 4 is 48.8 Å². The van der Waals surface area contributed by atoms with E-state index in [1.165, 1.54) is 43.6 Å². The monoisotopic (exact) mass is 630 g/mol. The fourth-order valence-electron chi connectivity index (χ4n) is 15.7. The molecule has 20 atom stereocenters. The number of hydrogen-bond donors (Lipinski definition) is 2. The zero-order chi connectivity index (χ0) is 27.0. The van der Waals surface area contributed by atoms with Crippen molar-refractivity contribution in [3.05, 3.63) is 0 Å². The Balaban J connectivity index is 0.619. The SMILES string of the molecule is SC1CC2C(C1)C1CC2C2C3CC(SCCCOCCCSC4CC5C(C4)C4CC5C5C6CC(S)C(C6)C45)C(C3)C12. The van der Waals surface area contributed by atoms with Gasteiger partial charge in [-0.2, -0.15) is 48.8 Å². The lowest BCUT2D eigenvalue weighted by atomic mass is 9.64. The highest BCUT2D eigenvalue weighted by Crippen LogP contribution is 2.75. The number of thioether (sulfide) groups is 2. The van der Waals surface area contributed by atoms with Crippen LogP contribution in [-0.4, -0.2) is 45.7 Å². The third kappa shape index (κ3) is 4.08. The van der Waals surface area contributed by atoms with E-state index in [0.717, 1.165) is 129 Å². The van der Waals surface area contributed by atoms with E-state index in [1.54, 1.807) is 44.9 Å². The summed E-state index contributed by atoms with van der Waals surface area (Å²) in [6.45, 7) is 1.99. The van der Waals surface area contributed by atoms with Gasteiger partial charge >= 0.3 is 0 Å². The molecule has 0 aromatic carbocycles. The standard InChI is InChI=1S/C36H54OS4/c38-19-11-21-22(12-19)27-15-25(21)34-18-8-30(36(27)34)32(10-18)41-6-2-4-37-3-1-5-40-20-13-23-24(14-20)28-16-26(23)33-17-7-29(35(28)33)31(39)9-17/h17-36,38-39H,1-16H2. The first-order chi connectivity index (χ1) is 20.1. The Bertz CT molecular complexity index is 1020. The maximum atomic E-state index is 6.16. The highest BCUT2D eigenvalue weighted by molar-refractivity contribution is 8.00. The fourth-order valence-corrected chi connectivity index (χ4v) is 19.6. The van der Waals surface area contributed by atoms with Crippen LogP contribution < -0.4 is 0 Å². The summed E-state index contributed by atoms with van der Waals surface area (Å²) in [5.74, 6) is 20.1. The van der Waals surface area contributed by atoms with Gasteiger partial charge in [0.2, 0.25) is 0 Å². The molecule has 0 heterocycles. The molecule has 10 saturated carbocycles. The summed E-state index contributed by atoms with van der Waals surface area (Å²) in [7, 11) is 0. The third-order valence-corrected chi connectivity index (χ3v) is 20.1. The van der Waals surface area contributed by atoms with Gasteiger partial charge in [-0.25, -0.2) is 0 Å². The molecule has 10 fully saturated rings. The molecule has 10 aliphatic carbocycles. The second-order valence-electron chi connectivity index (χ2n) is 17.3. The average molecular weight is 631 g/mol. The predicted octanol–water partition coefficient (Wildman–Crippen LogP) is 8.48. The van der Waals surface area contributed by atoms with Crippen LogP contribution in [0.1, 0.15) is 77.0 Å². The van der Waals surface area contributed by atoms with Crippen molar-refractivity contribution in [2.24, 2.45) is 94.7 Å². The first kappa shape index (κ1) is 27.5. The Hall–Kier alpha value is 1.36. The molecule has 10 aliphatic rings. The minimum Gasteiger partial charge on any atom is -0.381 e. The van der Waals surface area contributed by atoms with E-state index in [2.05, 4.69) is 23.5 Å². The maximum absolute atomic E-state index is 6.16. The molecule has 0 amide bonds. The lowest BCUT2D eigenvalue weighted by Gasteiger charge is -2.43. The van der Waals surface area contributed by atoms with Gasteiger partial charge in [-0.1, -0.05) is 0 Å². The summed E-state index contributed by atoms with van der Waals surface area (Å²) in [6, 6.07) is 0. The second kappa shape index (κ2) is 10.4. The van der Waals surface area contributed by atoms with Crippen molar-refractivity contribution in [2.75, 3.05) is 24.7 Å². The van der Waals surface area contributed by atoms with Crippen molar-refractivity contribution < 1.29 is 4.74 Å². The Morgan fingerprint density at radius 1 is 0.488 bits per heavy atom. The number of thiol groups is 2. The second-order valence-corrected chi connectivity index (χ2v) is 21.4. The van der Waals surface area contributed by atoms with E-state index < -0.39 is 0 Å². The lowest BCUT2D eigenvalue weighted by Crippen LogP contribution is -2.39. The fraction of sp³-hybridized carbons (Fsp3) is 1.00. The van der Waals surface area contributed by atoms with Crippen LogP contribution in [0.5, 0.6) is 0 Å². The first-order valence-corrected chi connectivity index (χ1v) is 21.4. The van der Waals surface area contributed by atoms with Crippen LogP contribution in [-0.2, 0) is 4.74 Å². The molecular formula is C36H54OS4. The van der Waals surface area contributed by atoms with Crippen LogP contribution in [0.15, 0.2) is 0 Å². The summed E-state index contributed by atoms with van der Waals surface area (Å²) < 4.78 is 6.16. The van der Waals surface area contributed by atoms with Crippen molar-refractivity contribution in [1.29, 1.82) is 0 Å². The number of ether oxygens (including phenoxy) is 1. The van der Waals surface area contributed by atoms with Crippen molar-refractivity contribution in [3.8, 4) is 0 Å².